The molecule has 0 heterocycles. The number of amides is 1. The van der Waals surface area contributed by atoms with E-state index in [0.717, 1.165) is 5.56 Å². The Morgan fingerprint density at radius 1 is 1.16 bits per heavy atom. The van der Waals surface area contributed by atoms with Gasteiger partial charge in [-0.2, -0.15) is 0 Å². The van der Waals surface area contributed by atoms with E-state index in [1.54, 1.807) is 13.0 Å². The van der Waals surface area contributed by atoms with E-state index >= 15 is 0 Å². The number of rotatable bonds is 7. The molecule has 0 fully saturated rings. The van der Waals surface area contributed by atoms with E-state index in [1.165, 1.54) is 18.2 Å². The molecule has 0 aliphatic heterocycles. The van der Waals surface area contributed by atoms with E-state index in [4.69, 9.17) is 21.1 Å². The molecule has 6 heteroatoms. The van der Waals surface area contributed by atoms with E-state index in [0.29, 0.717) is 24.7 Å². The van der Waals surface area contributed by atoms with Crippen LogP contribution < -0.4 is 14.8 Å². The maximum atomic E-state index is 13.9. The second-order valence-electron chi connectivity index (χ2n) is 5.36. The Hall–Kier alpha value is -2.27. The van der Waals surface area contributed by atoms with Crippen LogP contribution in [0.5, 0.6) is 11.5 Å². The van der Waals surface area contributed by atoms with Crippen LogP contribution in [-0.2, 0) is 0 Å². The third kappa shape index (κ3) is 4.63. The highest BCUT2D eigenvalue weighted by molar-refractivity contribution is 6.33. The van der Waals surface area contributed by atoms with Gasteiger partial charge in [-0.1, -0.05) is 23.7 Å². The lowest BCUT2D eigenvalue weighted by Crippen LogP contribution is -2.27. The van der Waals surface area contributed by atoms with Crippen molar-refractivity contribution in [2.75, 3.05) is 13.2 Å². The van der Waals surface area contributed by atoms with E-state index in [9.17, 15) is 9.18 Å². The molecule has 0 unspecified atom stereocenters. The Kier molecular flexibility index (Phi) is 6.65. The average Bonchev–Trinajstić information content (AvgIpc) is 2.56. The summed E-state index contributed by atoms with van der Waals surface area (Å²) in [5, 5.41) is 2.83. The molecule has 0 spiro atoms. The van der Waals surface area contributed by atoms with Crippen LogP contribution in [0.2, 0.25) is 5.02 Å². The molecule has 1 amide bonds. The van der Waals surface area contributed by atoms with Gasteiger partial charge < -0.3 is 14.8 Å². The number of nitrogens with one attached hydrogen (secondary N) is 1. The fourth-order valence-corrected chi connectivity index (χ4v) is 2.65. The summed E-state index contributed by atoms with van der Waals surface area (Å²) in [5.74, 6) is 0.0250. The highest BCUT2D eigenvalue weighted by Gasteiger charge is 2.19. The molecule has 2 aromatic rings. The summed E-state index contributed by atoms with van der Waals surface area (Å²) in [5.41, 5.74) is 0.652. The number of carbonyl (C=O) groups excluding carboxylic acids is 1. The van der Waals surface area contributed by atoms with Gasteiger partial charge in [0.15, 0.2) is 11.5 Å². The molecule has 0 saturated heterocycles. The van der Waals surface area contributed by atoms with Crippen LogP contribution in [0.3, 0.4) is 0 Å². The fourth-order valence-electron chi connectivity index (χ4n) is 2.40. The van der Waals surface area contributed by atoms with Crippen molar-refractivity contribution in [3.63, 3.8) is 0 Å². The van der Waals surface area contributed by atoms with E-state index in [1.807, 2.05) is 26.0 Å². The Labute approximate surface area is 151 Å². The van der Waals surface area contributed by atoms with E-state index in [2.05, 4.69) is 5.32 Å². The fraction of sp³-hybridized carbons (Fsp3) is 0.316. The summed E-state index contributed by atoms with van der Waals surface area (Å²) < 4.78 is 25.0. The molecule has 134 valence electrons. The van der Waals surface area contributed by atoms with Gasteiger partial charge in [-0.25, -0.2) is 4.39 Å². The lowest BCUT2D eigenvalue weighted by atomic mass is 10.1. The highest BCUT2D eigenvalue weighted by atomic mass is 35.5. The second kappa shape index (κ2) is 8.72. The first-order valence-electron chi connectivity index (χ1n) is 8.12. The van der Waals surface area contributed by atoms with Gasteiger partial charge >= 0.3 is 0 Å². The molecule has 0 aromatic heterocycles. The zero-order valence-electron chi connectivity index (χ0n) is 14.4. The molecular formula is C19H21ClFNO3. The van der Waals surface area contributed by atoms with Crippen molar-refractivity contribution in [2.45, 2.75) is 26.8 Å². The second-order valence-corrected chi connectivity index (χ2v) is 5.77. The van der Waals surface area contributed by atoms with Crippen LogP contribution in [-0.4, -0.2) is 19.1 Å². The smallest absolute Gasteiger partial charge is 0.256 e. The zero-order valence-corrected chi connectivity index (χ0v) is 15.2. The molecule has 0 bridgehead atoms. The number of carbonyl (C=O) groups is 1. The number of halogens is 2. The van der Waals surface area contributed by atoms with Crippen molar-refractivity contribution >= 4 is 17.5 Å². The first kappa shape index (κ1) is 19.1. The maximum Gasteiger partial charge on any atom is 0.256 e. The summed E-state index contributed by atoms with van der Waals surface area (Å²) in [6.45, 7) is 6.60. The minimum Gasteiger partial charge on any atom is -0.490 e. The van der Waals surface area contributed by atoms with E-state index < -0.39 is 11.7 Å². The third-order valence-corrected chi connectivity index (χ3v) is 3.92. The molecule has 0 aliphatic carbocycles. The third-order valence-electron chi connectivity index (χ3n) is 3.60. The molecule has 1 atom stereocenters. The molecule has 0 saturated carbocycles. The van der Waals surface area contributed by atoms with Crippen molar-refractivity contribution < 1.29 is 18.7 Å². The van der Waals surface area contributed by atoms with Gasteiger partial charge in [0.25, 0.3) is 5.91 Å². The predicted octanol–water partition coefficient (Wildman–Crippen LogP) is 4.77. The zero-order chi connectivity index (χ0) is 18.4. The van der Waals surface area contributed by atoms with Crippen LogP contribution in [0.25, 0.3) is 0 Å². The van der Waals surface area contributed by atoms with Crippen LogP contribution in [0.4, 0.5) is 4.39 Å². The van der Waals surface area contributed by atoms with Gasteiger partial charge in [0.1, 0.15) is 5.82 Å². The standard InChI is InChI=1S/C19H21ClFNO3/c1-4-24-16-10-9-13(11-17(16)25-5-2)12(3)22-19(23)18-14(20)7-6-8-15(18)21/h6-12H,4-5H2,1-3H3,(H,22,23)/t12-/m0/s1. The lowest BCUT2D eigenvalue weighted by molar-refractivity contribution is 0.0936. The Morgan fingerprint density at radius 3 is 2.48 bits per heavy atom. The van der Waals surface area contributed by atoms with Crippen molar-refractivity contribution in [1.29, 1.82) is 0 Å². The van der Waals surface area contributed by atoms with Crippen molar-refractivity contribution in [1.82, 2.24) is 5.32 Å². The van der Waals surface area contributed by atoms with Gasteiger partial charge in [0, 0.05) is 0 Å². The van der Waals surface area contributed by atoms with Crippen molar-refractivity contribution in [2.24, 2.45) is 0 Å². The molecule has 2 rings (SSSR count). The van der Waals surface area contributed by atoms with Crippen molar-refractivity contribution in [3.05, 3.63) is 58.4 Å². The normalized spacial score (nSPS) is 11.7. The summed E-state index contributed by atoms with van der Waals surface area (Å²) in [7, 11) is 0. The van der Waals surface area contributed by atoms with Crippen LogP contribution in [0, 0.1) is 5.82 Å². The van der Waals surface area contributed by atoms with Gasteiger partial charge in [-0.05, 0) is 50.6 Å². The summed E-state index contributed by atoms with van der Waals surface area (Å²) >= 11 is 5.94. The van der Waals surface area contributed by atoms with Gasteiger partial charge in [0.2, 0.25) is 0 Å². The summed E-state index contributed by atoms with van der Waals surface area (Å²) in [6, 6.07) is 9.22. The minimum absolute atomic E-state index is 0.0754. The van der Waals surface area contributed by atoms with Gasteiger partial charge in [0.05, 0.1) is 29.8 Å². The Balaban J connectivity index is 2.21. The molecule has 0 radical (unpaired) electrons. The maximum absolute atomic E-state index is 13.9. The Bertz CT molecular complexity index is 731. The molecule has 2 aromatic carbocycles. The van der Waals surface area contributed by atoms with Crippen molar-refractivity contribution in [3.8, 4) is 11.5 Å². The SMILES string of the molecule is CCOc1ccc([C@H](C)NC(=O)c2c(F)cccc2Cl)cc1OCC. The molecule has 25 heavy (non-hydrogen) atoms. The lowest BCUT2D eigenvalue weighted by Gasteiger charge is -2.18. The first-order chi connectivity index (χ1) is 12.0. The molecular weight excluding hydrogens is 345 g/mol. The van der Waals surface area contributed by atoms with Crippen LogP contribution >= 0.6 is 11.6 Å². The highest BCUT2D eigenvalue weighted by Crippen LogP contribution is 2.31. The summed E-state index contributed by atoms with van der Waals surface area (Å²) in [6.07, 6.45) is 0. The topological polar surface area (TPSA) is 47.6 Å². The quantitative estimate of drug-likeness (QED) is 0.769. The molecule has 0 aliphatic rings. The largest absolute Gasteiger partial charge is 0.490 e. The molecule has 4 nitrogen and oxygen atoms in total. The first-order valence-corrected chi connectivity index (χ1v) is 8.50. The summed E-state index contributed by atoms with van der Waals surface area (Å²) in [4.78, 5) is 12.4. The Morgan fingerprint density at radius 2 is 1.84 bits per heavy atom. The predicted molar refractivity (Wildman–Crippen MR) is 96.1 cm³/mol. The van der Waals surface area contributed by atoms with Gasteiger partial charge in [-0.15, -0.1) is 0 Å². The number of ether oxygens (including phenoxy) is 2. The number of hydrogen-bond acceptors (Lipinski definition) is 3. The number of benzene rings is 2. The molecule has 1 N–H and O–H groups in total. The number of hydrogen-bond donors (Lipinski definition) is 1. The van der Waals surface area contributed by atoms with Crippen LogP contribution in [0.15, 0.2) is 36.4 Å². The van der Waals surface area contributed by atoms with Gasteiger partial charge in [-0.3, -0.25) is 4.79 Å². The van der Waals surface area contributed by atoms with E-state index in [-0.39, 0.29) is 16.6 Å². The monoisotopic (exact) mass is 365 g/mol. The van der Waals surface area contributed by atoms with Crippen LogP contribution in [0.1, 0.15) is 42.7 Å². The minimum atomic E-state index is -0.654. The average molecular weight is 366 g/mol.